The van der Waals surface area contributed by atoms with Crippen molar-refractivity contribution >= 4 is 41.7 Å². The zero-order valence-electron chi connectivity index (χ0n) is 23.3. The fraction of sp³-hybridized carbons (Fsp3) is 0.321. The lowest BCUT2D eigenvalue weighted by Gasteiger charge is -2.17. The summed E-state index contributed by atoms with van der Waals surface area (Å²) in [6.45, 7) is 4.57. The van der Waals surface area contributed by atoms with E-state index in [9.17, 15) is 38.7 Å². The molecule has 0 radical (unpaired) electrons. The van der Waals surface area contributed by atoms with Crippen molar-refractivity contribution in [1.82, 2.24) is 10.6 Å². The number of carbonyl (C=O) groups excluding carboxylic acids is 6. The molecule has 2 amide bonds. The number of aliphatic carboxylic acids is 1. The number of amides is 2. The van der Waals surface area contributed by atoms with E-state index in [4.69, 9.17) is 18.9 Å². The summed E-state index contributed by atoms with van der Waals surface area (Å²) in [6, 6.07) is 6.78. The molecular weight excluding hydrogens is 556 g/mol. The van der Waals surface area contributed by atoms with Gasteiger partial charge < -0.3 is 34.7 Å². The number of esters is 4. The Morgan fingerprint density at radius 1 is 0.667 bits per heavy atom. The van der Waals surface area contributed by atoms with E-state index >= 15 is 0 Å². The van der Waals surface area contributed by atoms with Gasteiger partial charge >= 0.3 is 29.8 Å². The first-order chi connectivity index (χ1) is 19.8. The summed E-state index contributed by atoms with van der Waals surface area (Å²) in [5, 5.41) is 14.6. The van der Waals surface area contributed by atoms with E-state index in [1.165, 1.54) is 36.4 Å². The SMILES string of the molecule is CC(=O)Oc1cccc(C(=O)NCCCC[C@H](NC(=O)c2cccc(OC(C)=O)c2OC(C)=O)C(=O)O)c1OC(C)=O. The van der Waals surface area contributed by atoms with Crippen LogP contribution >= 0.6 is 0 Å². The average Bonchev–Trinajstić information content (AvgIpc) is 2.88. The second-order valence-electron chi connectivity index (χ2n) is 8.76. The standard InChI is InChI=1S/C28H30N2O12/c1-15(31)39-22-12-7-9-19(24(22)41-17(3)33)26(35)29-14-6-5-11-21(28(37)38)30-27(36)20-10-8-13-23(40-16(2)32)25(20)42-18(4)34/h7-10,12-13,21H,5-6,11,14H2,1-4H3,(H,29,35)(H,30,36)(H,37,38)/t21-/m0/s1. The van der Waals surface area contributed by atoms with Gasteiger partial charge in [0, 0.05) is 34.2 Å². The molecule has 42 heavy (non-hydrogen) atoms. The third kappa shape index (κ3) is 10.0. The van der Waals surface area contributed by atoms with Crippen LogP contribution in [0.4, 0.5) is 0 Å². The molecule has 0 aromatic heterocycles. The van der Waals surface area contributed by atoms with Crippen molar-refractivity contribution in [2.45, 2.75) is 53.0 Å². The molecule has 2 aromatic carbocycles. The van der Waals surface area contributed by atoms with Crippen LogP contribution < -0.4 is 29.6 Å². The van der Waals surface area contributed by atoms with Crippen LogP contribution in [0.5, 0.6) is 23.0 Å². The summed E-state index contributed by atoms with van der Waals surface area (Å²) in [4.78, 5) is 83.3. The van der Waals surface area contributed by atoms with Crippen molar-refractivity contribution in [3.8, 4) is 23.0 Å². The lowest BCUT2D eigenvalue weighted by Crippen LogP contribution is -2.41. The van der Waals surface area contributed by atoms with Gasteiger partial charge in [0.25, 0.3) is 11.8 Å². The van der Waals surface area contributed by atoms with Gasteiger partial charge in [-0.15, -0.1) is 0 Å². The Kier molecular flexibility index (Phi) is 12.2. The highest BCUT2D eigenvalue weighted by Crippen LogP contribution is 2.33. The molecule has 0 aliphatic carbocycles. The number of ether oxygens (including phenoxy) is 4. The summed E-state index contributed by atoms with van der Waals surface area (Å²) in [6.07, 6.45) is 0.536. The van der Waals surface area contributed by atoms with Crippen LogP contribution in [0.25, 0.3) is 0 Å². The third-order valence-electron chi connectivity index (χ3n) is 5.25. The van der Waals surface area contributed by atoms with Gasteiger partial charge in [-0.2, -0.15) is 0 Å². The summed E-state index contributed by atoms with van der Waals surface area (Å²) in [7, 11) is 0. The molecule has 0 aliphatic heterocycles. The van der Waals surface area contributed by atoms with E-state index in [1.807, 2.05) is 0 Å². The number of unbranched alkanes of at least 4 members (excludes halogenated alkanes) is 1. The third-order valence-corrected chi connectivity index (χ3v) is 5.25. The van der Waals surface area contributed by atoms with Gasteiger partial charge in [-0.25, -0.2) is 4.79 Å². The first-order valence-electron chi connectivity index (χ1n) is 12.6. The van der Waals surface area contributed by atoms with E-state index in [1.54, 1.807) is 0 Å². The number of carbonyl (C=O) groups is 7. The van der Waals surface area contributed by atoms with Gasteiger partial charge in [-0.1, -0.05) is 12.1 Å². The Morgan fingerprint density at radius 2 is 1.12 bits per heavy atom. The van der Waals surface area contributed by atoms with Crippen LogP contribution in [-0.4, -0.2) is 59.4 Å². The fourth-order valence-electron chi connectivity index (χ4n) is 3.62. The Morgan fingerprint density at radius 3 is 1.55 bits per heavy atom. The van der Waals surface area contributed by atoms with Crippen molar-refractivity contribution in [1.29, 1.82) is 0 Å². The van der Waals surface area contributed by atoms with Crippen LogP contribution in [0.15, 0.2) is 36.4 Å². The second-order valence-corrected chi connectivity index (χ2v) is 8.76. The molecule has 14 nitrogen and oxygen atoms in total. The van der Waals surface area contributed by atoms with Crippen LogP contribution in [0.2, 0.25) is 0 Å². The first kappa shape index (κ1) is 32.9. The van der Waals surface area contributed by atoms with Gasteiger partial charge in [-0.3, -0.25) is 28.8 Å². The molecule has 0 saturated carbocycles. The predicted molar refractivity (Wildman–Crippen MR) is 143 cm³/mol. The number of para-hydroxylation sites is 2. The van der Waals surface area contributed by atoms with Crippen molar-refractivity contribution in [2.24, 2.45) is 0 Å². The Bertz CT molecular complexity index is 1380. The van der Waals surface area contributed by atoms with E-state index in [0.717, 1.165) is 27.7 Å². The molecule has 2 aromatic rings. The maximum absolute atomic E-state index is 12.9. The van der Waals surface area contributed by atoms with Gasteiger partial charge in [-0.05, 0) is 43.5 Å². The zero-order valence-corrected chi connectivity index (χ0v) is 23.3. The molecule has 0 spiro atoms. The van der Waals surface area contributed by atoms with Crippen LogP contribution in [0.1, 0.15) is 67.7 Å². The summed E-state index contributed by atoms with van der Waals surface area (Å²) >= 11 is 0. The number of rotatable bonds is 13. The van der Waals surface area contributed by atoms with Crippen molar-refractivity contribution in [3.05, 3.63) is 47.5 Å². The average molecular weight is 587 g/mol. The largest absolute Gasteiger partial charge is 0.480 e. The minimum Gasteiger partial charge on any atom is -0.480 e. The Balaban J connectivity index is 2.04. The molecule has 0 bridgehead atoms. The number of benzene rings is 2. The Hall–Kier alpha value is -5.27. The van der Waals surface area contributed by atoms with E-state index in [0.29, 0.717) is 6.42 Å². The van der Waals surface area contributed by atoms with E-state index in [2.05, 4.69) is 10.6 Å². The van der Waals surface area contributed by atoms with Crippen molar-refractivity contribution < 1.29 is 57.6 Å². The molecule has 0 unspecified atom stereocenters. The molecule has 0 aliphatic rings. The van der Waals surface area contributed by atoms with Crippen molar-refractivity contribution in [3.63, 3.8) is 0 Å². The molecule has 14 heteroatoms. The van der Waals surface area contributed by atoms with Crippen LogP contribution in [-0.2, 0) is 24.0 Å². The van der Waals surface area contributed by atoms with Gasteiger partial charge in [0.05, 0.1) is 11.1 Å². The molecule has 0 saturated heterocycles. The highest BCUT2D eigenvalue weighted by atomic mass is 16.6. The first-order valence-corrected chi connectivity index (χ1v) is 12.6. The number of carboxylic acids is 1. The molecule has 1 atom stereocenters. The molecule has 3 N–H and O–H groups in total. The van der Waals surface area contributed by atoms with Gasteiger partial charge in [0.1, 0.15) is 6.04 Å². The topological polar surface area (TPSA) is 201 Å². The van der Waals surface area contributed by atoms with Crippen LogP contribution in [0.3, 0.4) is 0 Å². The maximum Gasteiger partial charge on any atom is 0.326 e. The smallest absolute Gasteiger partial charge is 0.326 e. The van der Waals surface area contributed by atoms with E-state index in [-0.39, 0.29) is 53.5 Å². The molecule has 0 heterocycles. The summed E-state index contributed by atoms with van der Waals surface area (Å²) in [5.74, 6) is -6.64. The zero-order chi connectivity index (χ0) is 31.4. The highest BCUT2D eigenvalue weighted by molar-refractivity contribution is 6.01. The molecule has 224 valence electrons. The lowest BCUT2D eigenvalue weighted by atomic mass is 10.1. The number of carboxylic acid groups (broad SMARTS) is 1. The van der Waals surface area contributed by atoms with Crippen molar-refractivity contribution in [2.75, 3.05) is 6.54 Å². The highest BCUT2D eigenvalue weighted by Gasteiger charge is 2.25. The minimum absolute atomic E-state index is 0.0237. The monoisotopic (exact) mass is 586 g/mol. The van der Waals surface area contributed by atoms with Gasteiger partial charge in [0.2, 0.25) is 0 Å². The van der Waals surface area contributed by atoms with E-state index < -0.39 is 47.7 Å². The number of nitrogens with one attached hydrogen (secondary N) is 2. The predicted octanol–water partition coefficient (Wildman–Crippen LogP) is 2.17. The second kappa shape index (κ2) is 15.5. The summed E-state index contributed by atoms with van der Waals surface area (Å²) in [5.41, 5.74) is -0.277. The number of hydrogen-bond acceptors (Lipinski definition) is 11. The van der Waals surface area contributed by atoms with Gasteiger partial charge in [0.15, 0.2) is 23.0 Å². The van der Waals surface area contributed by atoms with Crippen LogP contribution in [0, 0.1) is 0 Å². The maximum atomic E-state index is 12.9. The summed E-state index contributed by atoms with van der Waals surface area (Å²) < 4.78 is 20.1. The Labute approximate surface area is 240 Å². The quantitative estimate of drug-likeness (QED) is 0.176. The lowest BCUT2D eigenvalue weighted by molar-refractivity contribution is -0.139. The number of hydrogen-bond donors (Lipinski definition) is 3. The normalized spacial score (nSPS) is 11.0. The molecule has 2 rings (SSSR count). The molecule has 0 fully saturated rings. The molecular formula is C28H30N2O12. The fourth-order valence-corrected chi connectivity index (χ4v) is 3.62. The minimum atomic E-state index is -1.34.